The van der Waals surface area contributed by atoms with Crippen LogP contribution in [0.25, 0.3) is 0 Å². The summed E-state index contributed by atoms with van der Waals surface area (Å²) < 4.78 is 9.99. The van der Waals surface area contributed by atoms with Crippen LogP contribution in [0.15, 0.2) is 0 Å². The van der Waals surface area contributed by atoms with Crippen LogP contribution in [0.1, 0.15) is 6.42 Å². The van der Waals surface area contributed by atoms with Crippen molar-refractivity contribution < 1.29 is 19.1 Å². The zero-order chi connectivity index (χ0) is 13.2. The fourth-order valence-corrected chi connectivity index (χ4v) is 1.54. The van der Waals surface area contributed by atoms with Crippen LogP contribution in [0.5, 0.6) is 0 Å². The van der Waals surface area contributed by atoms with E-state index in [-0.39, 0.29) is 24.3 Å². The lowest BCUT2D eigenvalue weighted by Gasteiger charge is -2.22. The smallest absolute Gasteiger partial charge is 0.239 e. The minimum atomic E-state index is -0.310. The van der Waals surface area contributed by atoms with Gasteiger partial charge in [0.1, 0.15) is 6.04 Å². The maximum Gasteiger partial charge on any atom is 0.239 e. The second-order valence-electron chi connectivity index (χ2n) is 3.97. The highest BCUT2D eigenvalue weighted by Crippen LogP contribution is 1.92. The number of methoxy groups -OCH3 is 1. The Morgan fingerprint density at radius 3 is 2.89 bits per heavy atom. The van der Waals surface area contributed by atoms with E-state index in [1.165, 1.54) is 0 Å². The SMILES string of the molecule is COCCNC(=O)CCNC(=O)C1COCCN1. The summed E-state index contributed by atoms with van der Waals surface area (Å²) >= 11 is 0. The first-order valence-electron chi connectivity index (χ1n) is 6.08. The third-order valence-corrected chi connectivity index (χ3v) is 2.52. The summed E-state index contributed by atoms with van der Waals surface area (Å²) in [6, 6.07) is -0.310. The predicted octanol–water partition coefficient (Wildman–Crippen LogP) is -1.76. The van der Waals surface area contributed by atoms with Crippen LogP contribution in [-0.4, -0.2) is 64.4 Å². The molecule has 2 amide bonds. The Bertz CT molecular complexity index is 267. The van der Waals surface area contributed by atoms with Crippen molar-refractivity contribution in [1.82, 2.24) is 16.0 Å². The molecule has 18 heavy (non-hydrogen) atoms. The third-order valence-electron chi connectivity index (χ3n) is 2.52. The number of morpholine rings is 1. The first kappa shape index (κ1) is 14.9. The highest BCUT2D eigenvalue weighted by atomic mass is 16.5. The summed E-state index contributed by atoms with van der Waals surface area (Å²) in [5, 5.41) is 8.43. The Labute approximate surface area is 107 Å². The van der Waals surface area contributed by atoms with Gasteiger partial charge >= 0.3 is 0 Å². The van der Waals surface area contributed by atoms with Crippen LogP contribution < -0.4 is 16.0 Å². The molecule has 7 nitrogen and oxygen atoms in total. The van der Waals surface area contributed by atoms with Gasteiger partial charge in [0.15, 0.2) is 0 Å². The van der Waals surface area contributed by atoms with Gasteiger partial charge in [-0.05, 0) is 0 Å². The molecular weight excluding hydrogens is 238 g/mol. The average Bonchev–Trinajstić information content (AvgIpc) is 2.40. The molecule has 0 aliphatic carbocycles. The van der Waals surface area contributed by atoms with Gasteiger partial charge in [-0.2, -0.15) is 0 Å². The largest absolute Gasteiger partial charge is 0.383 e. The molecular formula is C11H21N3O4. The predicted molar refractivity (Wildman–Crippen MR) is 65.1 cm³/mol. The van der Waals surface area contributed by atoms with Crippen LogP contribution in [0.3, 0.4) is 0 Å². The van der Waals surface area contributed by atoms with Crippen molar-refractivity contribution in [1.29, 1.82) is 0 Å². The molecule has 7 heteroatoms. The van der Waals surface area contributed by atoms with E-state index in [4.69, 9.17) is 9.47 Å². The average molecular weight is 259 g/mol. The molecule has 0 radical (unpaired) electrons. The Morgan fingerprint density at radius 2 is 2.22 bits per heavy atom. The number of hydrogen-bond acceptors (Lipinski definition) is 5. The van der Waals surface area contributed by atoms with Crippen LogP contribution >= 0.6 is 0 Å². The summed E-state index contributed by atoms with van der Waals surface area (Å²) in [6.45, 7) is 2.99. The molecule has 1 unspecified atom stereocenters. The molecule has 1 aliphatic rings. The van der Waals surface area contributed by atoms with Gasteiger partial charge in [0.2, 0.25) is 11.8 Å². The number of nitrogens with one attached hydrogen (secondary N) is 3. The van der Waals surface area contributed by atoms with Crippen LogP contribution in [-0.2, 0) is 19.1 Å². The summed E-state index contributed by atoms with van der Waals surface area (Å²) in [5.41, 5.74) is 0. The molecule has 104 valence electrons. The maximum absolute atomic E-state index is 11.6. The fraction of sp³-hybridized carbons (Fsp3) is 0.818. The van der Waals surface area contributed by atoms with Crippen molar-refractivity contribution in [2.45, 2.75) is 12.5 Å². The molecule has 0 saturated carbocycles. The highest BCUT2D eigenvalue weighted by Gasteiger charge is 2.20. The summed E-state index contributed by atoms with van der Waals surface area (Å²) in [5.74, 6) is -0.223. The molecule has 1 fully saturated rings. The second-order valence-corrected chi connectivity index (χ2v) is 3.97. The third kappa shape index (κ3) is 5.95. The number of rotatable bonds is 7. The molecule has 0 bridgehead atoms. The van der Waals surface area contributed by atoms with Gasteiger partial charge in [0, 0.05) is 33.2 Å². The van der Waals surface area contributed by atoms with Gasteiger partial charge in [-0.3, -0.25) is 9.59 Å². The standard InChI is InChI=1S/C11H21N3O4/c1-17-6-4-13-10(15)2-3-14-11(16)9-8-18-7-5-12-9/h9,12H,2-8H2,1H3,(H,13,15)(H,14,16). The van der Waals surface area contributed by atoms with Crippen LogP contribution in [0.4, 0.5) is 0 Å². The topological polar surface area (TPSA) is 88.7 Å². The molecule has 0 aromatic carbocycles. The van der Waals surface area contributed by atoms with Gasteiger partial charge in [-0.25, -0.2) is 0 Å². The van der Waals surface area contributed by atoms with Crippen molar-refractivity contribution in [3.63, 3.8) is 0 Å². The van der Waals surface area contributed by atoms with E-state index in [0.29, 0.717) is 39.5 Å². The maximum atomic E-state index is 11.6. The minimum absolute atomic E-state index is 0.0970. The molecule has 3 N–H and O–H groups in total. The molecule has 1 saturated heterocycles. The molecule has 1 heterocycles. The highest BCUT2D eigenvalue weighted by molar-refractivity contribution is 5.83. The summed E-state index contributed by atoms with van der Waals surface area (Å²) in [4.78, 5) is 23.0. The van der Waals surface area contributed by atoms with Crippen molar-refractivity contribution in [3.8, 4) is 0 Å². The van der Waals surface area contributed by atoms with E-state index in [9.17, 15) is 9.59 Å². The van der Waals surface area contributed by atoms with Crippen molar-refractivity contribution in [2.24, 2.45) is 0 Å². The van der Waals surface area contributed by atoms with Crippen LogP contribution in [0, 0.1) is 0 Å². The Hall–Kier alpha value is -1.18. The van der Waals surface area contributed by atoms with Crippen molar-refractivity contribution in [2.75, 3.05) is 46.6 Å². The van der Waals surface area contributed by atoms with E-state index in [0.717, 1.165) is 0 Å². The Morgan fingerprint density at radius 1 is 1.39 bits per heavy atom. The van der Waals surface area contributed by atoms with Crippen molar-refractivity contribution in [3.05, 3.63) is 0 Å². The van der Waals surface area contributed by atoms with E-state index in [2.05, 4.69) is 16.0 Å². The molecule has 0 aromatic heterocycles. The molecule has 0 spiro atoms. The summed E-state index contributed by atoms with van der Waals surface area (Å²) in [7, 11) is 1.58. The number of carbonyl (C=O) groups is 2. The van der Waals surface area contributed by atoms with E-state index >= 15 is 0 Å². The zero-order valence-corrected chi connectivity index (χ0v) is 10.7. The summed E-state index contributed by atoms with van der Waals surface area (Å²) in [6.07, 6.45) is 0.267. The van der Waals surface area contributed by atoms with E-state index in [1.54, 1.807) is 7.11 Å². The van der Waals surface area contributed by atoms with Gasteiger partial charge < -0.3 is 25.4 Å². The lowest BCUT2D eigenvalue weighted by Crippen LogP contribution is -2.51. The second kappa shape index (κ2) is 8.84. The van der Waals surface area contributed by atoms with Gasteiger partial charge in [-0.15, -0.1) is 0 Å². The molecule has 1 atom stereocenters. The minimum Gasteiger partial charge on any atom is -0.383 e. The Balaban J connectivity index is 2.05. The Kier molecular flexibility index (Phi) is 7.31. The van der Waals surface area contributed by atoms with Crippen LogP contribution in [0.2, 0.25) is 0 Å². The van der Waals surface area contributed by atoms with Gasteiger partial charge in [0.25, 0.3) is 0 Å². The normalized spacial score (nSPS) is 19.3. The monoisotopic (exact) mass is 259 g/mol. The number of hydrogen-bond donors (Lipinski definition) is 3. The van der Waals surface area contributed by atoms with E-state index in [1.807, 2.05) is 0 Å². The number of amides is 2. The molecule has 0 aromatic rings. The first-order valence-corrected chi connectivity index (χ1v) is 6.08. The quantitative estimate of drug-likeness (QED) is 0.472. The van der Waals surface area contributed by atoms with Gasteiger partial charge in [0.05, 0.1) is 19.8 Å². The van der Waals surface area contributed by atoms with E-state index < -0.39 is 0 Å². The first-order chi connectivity index (χ1) is 8.74. The lowest BCUT2D eigenvalue weighted by molar-refractivity contribution is -0.126. The fourth-order valence-electron chi connectivity index (χ4n) is 1.54. The zero-order valence-electron chi connectivity index (χ0n) is 10.7. The molecule has 1 rings (SSSR count). The number of ether oxygens (including phenoxy) is 2. The number of carbonyl (C=O) groups excluding carboxylic acids is 2. The lowest BCUT2D eigenvalue weighted by atomic mass is 10.2. The molecule has 1 aliphatic heterocycles. The van der Waals surface area contributed by atoms with Gasteiger partial charge in [-0.1, -0.05) is 0 Å². The van der Waals surface area contributed by atoms with Crippen molar-refractivity contribution >= 4 is 11.8 Å².